The second kappa shape index (κ2) is 5.84. The normalized spacial score (nSPS) is 10.9. The minimum atomic E-state index is -3.33. The van der Waals surface area contributed by atoms with Crippen LogP contribution in [0.4, 0.5) is 11.4 Å². The summed E-state index contributed by atoms with van der Waals surface area (Å²) >= 11 is 0. The summed E-state index contributed by atoms with van der Waals surface area (Å²) in [5.74, 6) is -0.553. The van der Waals surface area contributed by atoms with Crippen molar-refractivity contribution in [1.82, 2.24) is 0 Å². The number of anilines is 2. The summed E-state index contributed by atoms with van der Waals surface area (Å²) in [7, 11) is -3.33. The van der Waals surface area contributed by atoms with E-state index < -0.39 is 15.9 Å². The van der Waals surface area contributed by atoms with Crippen LogP contribution in [-0.2, 0) is 10.0 Å². The first-order valence-electron chi connectivity index (χ1n) is 6.02. The van der Waals surface area contributed by atoms with Crippen LogP contribution in [0.15, 0.2) is 48.5 Å². The lowest BCUT2D eigenvalue weighted by Crippen LogP contribution is -2.12. The number of aromatic hydroxyl groups is 1. The number of hydrogen-bond acceptors (Lipinski definition) is 4. The van der Waals surface area contributed by atoms with Gasteiger partial charge < -0.3 is 10.4 Å². The Kier molecular flexibility index (Phi) is 4.13. The van der Waals surface area contributed by atoms with Crippen LogP contribution in [0.25, 0.3) is 0 Å². The number of hydrogen-bond donors (Lipinski definition) is 3. The van der Waals surface area contributed by atoms with Crippen molar-refractivity contribution >= 4 is 27.3 Å². The maximum absolute atomic E-state index is 12.0. The number of amides is 1. The molecule has 6 nitrogen and oxygen atoms in total. The first kappa shape index (κ1) is 14.9. The maximum Gasteiger partial charge on any atom is 0.259 e. The van der Waals surface area contributed by atoms with Crippen LogP contribution in [0.3, 0.4) is 0 Å². The summed E-state index contributed by atoms with van der Waals surface area (Å²) in [4.78, 5) is 12.0. The molecule has 0 aliphatic rings. The predicted octanol–water partition coefficient (Wildman–Crippen LogP) is 2.02. The highest BCUT2D eigenvalue weighted by atomic mass is 32.2. The second-order valence-corrected chi connectivity index (χ2v) is 6.17. The molecule has 2 rings (SSSR count). The summed E-state index contributed by atoms with van der Waals surface area (Å²) in [6.45, 7) is 0. The zero-order valence-electron chi connectivity index (χ0n) is 11.2. The fraction of sp³-hybridized carbons (Fsp3) is 0.0714. The number of carbonyl (C=O) groups excluding carboxylic acids is 1. The first-order chi connectivity index (χ1) is 9.85. The van der Waals surface area contributed by atoms with Gasteiger partial charge in [-0.15, -0.1) is 0 Å². The predicted molar refractivity (Wildman–Crippen MR) is 81.0 cm³/mol. The van der Waals surface area contributed by atoms with Crippen molar-refractivity contribution < 1.29 is 18.3 Å². The number of phenols is 1. The highest BCUT2D eigenvalue weighted by molar-refractivity contribution is 7.92. The van der Waals surface area contributed by atoms with Gasteiger partial charge in [-0.3, -0.25) is 9.52 Å². The van der Waals surface area contributed by atoms with Gasteiger partial charge in [0, 0.05) is 11.4 Å². The minimum Gasteiger partial charge on any atom is -0.507 e. The Hall–Kier alpha value is -2.54. The molecule has 0 aliphatic heterocycles. The Morgan fingerprint density at radius 1 is 1.00 bits per heavy atom. The lowest BCUT2D eigenvalue weighted by molar-refractivity contribution is 0.102. The number of rotatable bonds is 4. The van der Waals surface area contributed by atoms with Crippen LogP contribution >= 0.6 is 0 Å². The molecule has 3 N–H and O–H groups in total. The van der Waals surface area contributed by atoms with Gasteiger partial charge in [0.1, 0.15) is 5.75 Å². The lowest BCUT2D eigenvalue weighted by atomic mass is 10.2. The molecule has 0 aliphatic carbocycles. The molecular formula is C14H14N2O4S. The van der Waals surface area contributed by atoms with Crippen LogP contribution in [0, 0.1) is 0 Å². The molecule has 0 unspecified atom stereocenters. The van der Waals surface area contributed by atoms with Gasteiger partial charge in [-0.1, -0.05) is 12.1 Å². The van der Waals surface area contributed by atoms with E-state index in [1.165, 1.54) is 24.3 Å². The summed E-state index contributed by atoms with van der Waals surface area (Å²) in [6, 6.07) is 12.4. The third-order valence-electron chi connectivity index (χ3n) is 2.59. The van der Waals surface area contributed by atoms with Crippen molar-refractivity contribution in [1.29, 1.82) is 0 Å². The van der Waals surface area contributed by atoms with Crippen molar-refractivity contribution in [2.24, 2.45) is 0 Å². The fourth-order valence-electron chi connectivity index (χ4n) is 1.70. The Morgan fingerprint density at radius 2 is 1.57 bits per heavy atom. The summed E-state index contributed by atoms with van der Waals surface area (Å²) < 4.78 is 24.5. The van der Waals surface area contributed by atoms with Crippen molar-refractivity contribution in [3.8, 4) is 5.75 Å². The molecule has 2 aromatic rings. The molecule has 21 heavy (non-hydrogen) atoms. The lowest BCUT2D eigenvalue weighted by Gasteiger charge is -2.08. The van der Waals surface area contributed by atoms with E-state index in [4.69, 9.17) is 0 Å². The van der Waals surface area contributed by atoms with E-state index >= 15 is 0 Å². The average Bonchev–Trinajstić information content (AvgIpc) is 2.40. The zero-order valence-corrected chi connectivity index (χ0v) is 12.0. The summed E-state index contributed by atoms with van der Waals surface area (Å²) in [6.07, 6.45) is 1.06. The van der Waals surface area contributed by atoms with Gasteiger partial charge in [0.2, 0.25) is 10.0 Å². The van der Waals surface area contributed by atoms with E-state index in [-0.39, 0.29) is 11.3 Å². The minimum absolute atomic E-state index is 0.106. The van der Waals surface area contributed by atoms with Crippen molar-refractivity contribution in [2.45, 2.75) is 0 Å². The van der Waals surface area contributed by atoms with Crippen LogP contribution in [0.2, 0.25) is 0 Å². The number of sulfonamides is 1. The first-order valence-corrected chi connectivity index (χ1v) is 7.91. The number of phenolic OH excluding ortho intramolecular Hbond substituents is 1. The molecule has 0 saturated carbocycles. The molecule has 0 atom stereocenters. The quantitative estimate of drug-likeness (QED) is 0.805. The SMILES string of the molecule is CS(=O)(=O)Nc1ccc(NC(=O)c2ccccc2O)cc1. The van der Waals surface area contributed by atoms with Crippen molar-refractivity contribution in [3.63, 3.8) is 0 Å². The van der Waals surface area contributed by atoms with Gasteiger partial charge in [-0.25, -0.2) is 8.42 Å². The Bertz CT molecular complexity index is 755. The number of para-hydroxylation sites is 1. The van der Waals surface area contributed by atoms with E-state index in [0.29, 0.717) is 11.4 Å². The van der Waals surface area contributed by atoms with E-state index in [1.54, 1.807) is 24.3 Å². The van der Waals surface area contributed by atoms with Crippen molar-refractivity contribution in [3.05, 3.63) is 54.1 Å². The summed E-state index contributed by atoms with van der Waals surface area (Å²) in [5, 5.41) is 12.2. The third kappa shape index (κ3) is 4.22. The fourth-order valence-corrected chi connectivity index (χ4v) is 2.26. The molecule has 0 radical (unpaired) electrons. The highest BCUT2D eigenvalue weighted by Gasteiger charge is 2.10. The van der Waals surface area contributed by atoms with E-state index in [9.17, 15) is 18.3 Å². The largest absolute Gasteiger partial charge is 0.507 e. The molecular weight excluding hydrogens is 292 g/mol. The Balaban J connectivity index is 2.10. The highest BCUT2D eigenvalue weighted by Crippen LogP contribution is 2.19. The van der Waals surface area contributed by atoms with Gasteiger partial charge >= 0.3 is 0 Å². The summed E-state index contributed by atoms with van der Waals surface area (Å²) in [5.41, 5.74) is 1.05. The van der Waals surface area contributed by atoms with E-state index in [2.05, 4.69) is 10.0 Å². The topological polar surface area (TPSA) is 95.5 Å². The number of nitrogens with one attached hydrogen (secondary N) is 2. The van der Waals surface area contributed by atoms with E-state index in [1.807, 2.05) is 0 Å². The molecule has 0 bridgehead atoms. The number of benzene rings is 2. The Morgan fingerprint density at radius 3 is 2.14 bits per heavy atom. The standard InChI is InChI=1S/C14H14N2O4S/c1-21(19,20)16-11-8-6-10(7-9-11)15-14(18)12-4-2-3-5-13(12)17/h2-9,16-17H,1H3,(H,15,18). The van der Waals surface area contributed by atoms with Crippen LogP contribution in [-0.4, -0.2) is 25.7 Å². The van der Waals surface area contributed by atoms with E-state index in [0.717, 1.165) is 6.26 Å². The molecule has 0 aromatic heterocycles. The van der Waals surface area contributed by atoms with Gasteiger partial charge in [-0.2, -0.15) is 0 Å². The third-order valence-corrected chi connectivity index (χ3v) is 3.20. The van der Waals surface area contributed by atoms with Crippen LogP contribution < -0.4 is 10.0 Å². The molecule has 1 amide bonds. The molecule has 110 valence electrons. The van der Waals surface area contributed by atoms with Gasteiger partial charge in [0.05, 0.1) is 11.8 Å². The van der Waals surface area contributed by atoms with Gasteiger partial charge in [0.15, 0.2) is 0 Å². The van der Waals surface area contributed by atoms with Gasteiger partial charge in [-0.05, 0) is 36.4 Å². The molecule has 2 aromatic carbocycles. The molecule has 0 saturated heterocycles. The van der Waals surface area contributed by atoms with Crippen LogP contribution in [0.5, 0.6) is 5.75 Å². The molecule has 0 fully saturated rings. The average molecular weight is 306 g/mol. The number of carbonyl (C=O) groups is 1. The van der Waals surface area contributed by atoms with Crippen LogP contribution in [0.1, 0.15) is 10.4 Å². The smallest absolute Gasteiger partial charge is 0.259 e. The van der Waals surface area contributed by atoms with Crippen molar-refractivity contribution in [2.75, 3.05) is 16.3 Å². The maximum atomic E-state index is 12.0. The van der Waals surface area contributed by atoms with Gasteiger partial charge in [0.25, 0.3) is 5.91 Å². The second-order valence-electron chi connectivity index (χ2n) is 4.42. The molecule has 0 spiro atoms. The molecule has 7 heteroatoms. The monoisotopic (exact) mass is 306 g/mol. The zero-order chi connectivity index (χ0) is 15.5. The molecule has 0 heterocycles. The Labute approximate surface area is 122 Å².